The summed E-state index contributed by atoms with van der Waals surface area (Å²) in [5, 5.41) is 3.39. The van der Waals surface area contributed by atoms with Crippen molar-refractivity contribution in [1.82, 2.24) is 9.80 Å². The molecular weight excluding hydrogens is 386 g/mol. The first-order valence-electron chi connectivity index (χ1n) is 10.2. The molecule has 0 bridgehead atoms. The summed E-state index contributed by atoms with van der Waals surface area (Å²) in [5.74, 6) is 0.491. The minimum Gasteiger partial charge on any atom is -0.340 e. The number of carbonyl (C=O) groups excluding carboxylic acids is 2. The number of benzene rings is 2. The van der Waals surface area contributed by atoms with Crippen molar-refractivity contribution in [1.29, 1.82) is 0 Å². The highest BCUT2D eigenvalue weighted by Gasteiger charge is 2.28. The maximum absolute atomic E-state index is 12.8. The van der Waals surface area contributed by atoms with Crippen LogP contribution < -0.4 is 5.32 Å². The zero-order valence-corrected chi connectivity index (χ0v) is 17.2. The number of halogens is 1. The van der Waals surface area contributed by atoms with E-state index in [1.807, 2.05) is 17.0 Å². The molecule has 5 nitrogen and oxygen atoms in total. The largest absolute Gasteiger partial charge is 0.340 e. The predicted octanol–water partition coefficient (Wildman–Crippen LogP) is 3.54. The molecule has 1 aliphatic heterocycles. The summed E-state index contributed by atoms with van der Waals surface area (Å²) in [6.07, 6.45) is 2.72. The first-order valence-corrected chi connectivity index (χ1v) is 10.6. The summed E-state index contributed by atoms with van der Waals surface area (Å²) in [4.78, 5) is 29.1. The Hall–Kier alpha value is -2.37. The molecule has 2 aromatic rings. The van der Waals surface area contributed by atoms with E-state index in [1.54, 1.807) is 12.1 Å². The number of aryl methyl sites for hydroxylation is 1. The third-order valence-electron chi connectivity index (χ3n) is 5.92. The number of anilines is 1. The van der Waals surface area contributed by atoms with Gasteiger partial charge in [-0.2, -0.15) is 0 Å². The van der Waals surface area contributed by atoms with Crippen LogP contribution in [0.15, 0.2) is 48.5 Å². The summed E-state index contributed by atoms with van der Waals surface area (Å²) < 4.78 is 0. The van der Waals surface area contributed by atoms with Gasteiger partial charge in [-0.25, -0.2) is 0 Å². The van der Waals surface area contributed by atoms with Crippen LogP contribution >= 0.6 is 11.6 Å². The number of carbonyl (C=O) groups is 2. The number of nitrogens with one attached hydrogen (secondary N) is 1. The molecular formula is C23H26ClN3O2. The maximum atomic E-state index is 12.8. The van der Waals surface area contributed by atoms with E-state index in [0.29, 0.717) is 55.8 Å². The Bertz CT molecular complexity index is 893. The molecule has 2 aliphatic rings. The van der Waals surface area contributed by atoms with Crippen LogP contribution in [0.5, 0.6) is 0 Å². The summed E-state index contributed by atoms with van der Waals surface area (Å²) >= 11 is 6.09. The van der Waals surface area contributed by atoms with Crippen molar-refractivity contribution >= 4 is 29.1 Å². The van der Waals surface area contributed by atoms with Gasteiger partial charge in [0.25, 0.3) is 0 Å². The lowest BCUT2D eigenvalue weighted by molar-refractivity contribution is -0.133. The van der Waals surface area contributed by atoms with E-state index in [1.165, 1.54) is 11.1 Å². The molecule has 0 spiro atoms. The molecule has 1 atom stereocenters. The van der Waals surface area contributed by atoms with Gasteiger partial charge < -0.3 is 10.2 Å². The van der Waals surface area contributed by atoms with Gasteiger partial charge in [0.05, 0.1) is 17.3 Å². The number of fused-ring (bicyclic) bond motifs is 1. The Morgan fingerprint density at radius 1 is 1.00 bits per heavy atom. The number of rotatable bonds is 5. The number of para-hydroxylation sites is 1. The summed E-state index contributed by atoms with van der Waals surface area (Å²) in [6, 6.07) is 15.7. The van der Waals surface area contributed by atoms with Gasteiger partial charge in [-0.3, -0.25) is 14.5 Å². The van der Waals surface area contributed by atoms with Crippen LogP contribution in [-0.2, 0) is 16.0 Å². The summed E-state index contributed by atoms with van der Waals surface area (Å²) in [5.41, 5.74) is 3.36. The molecule has 0 radical (unpaired) electrons. The lowest BCUT2D eigenvalue weighted by atomic mass is 9.97. The quantitative estimate of drug-likeness (QED) is 0.818. The third kappa shape index (κ3) is 4.80. The second-order valence-corrected chi connectivity index (χ2v) is 8.23. The van der Waals surface area contributed by atoms with Gasteiger partial charge in [0.1, 0.15) is 0 Å². The molecule has 6 heteroatoms. The highest BCUT2D eigenvalue weighted by Crippen LogP contribution is 2.35. The van der Waals surface area contributed by atoms with Crippen molar-refractivity contribution in [2.45, 2.75) is 25.2 Å². The molecule has 0 aromatic heterocycles. The fraction of sp³-hybridized carbons (Fsp3) is 0.391. The van der Waals surface area contributed by atoms with E-state index >= 15 is 0 Å². The first kappa shape index (κ1) is 19.9. The highest BCUT2D eigenvalue weighted by atomic mass is 35.5. The normalized spacial score (nSPS) is 19.1. The van der Waals surface area contributed by atoms with E-state index in [4.69, 9.17) is 11.6 Å². The standard InChI is InChI=1S/C23H26ClN3O2/c24-20-7-3-4-8-21(20)25-22(28)16-26-11-13-27(14-12-26)23(29)15-18-10-9-17-5-1-2-6-19(17)18/h1-8,18H,9-16H2,(H,25,28). The molecule has 29 heavy (non-hydrogen) atoms. The Kier molecular flexibility index (Phi) is 6.16. The van der Waals surface area contributed by atoms with Gasteiger partial charge >= 0.3 is 0 Å². The zero-order chi connectivity index (χ0) is 20.2. The summed E-state index contributed by atoms with van der Waals surface area (Å²) in [6.45, 7) is 3.08. The van der Waals surface area contributed by atoms with Gasteiger partial charge in [-0.15, -0.1) is 0 Å². The number of hydrogen-bond acceptors (Lipinski definition) is 3. The van der Waals surface area contributed by atoms with Crippen molar-refractivity contribution in [2.75, 3.05) is 38.0 Å². The van der Waals surface area contributed by atoms with E-state index in [9.17, 15) is 9.59 Å². The Morgan fingerprint density at radius 2 is 1.72 bits per heavy atom. The van der Waals surface area contributed by atoms with Gasteiger partial charge in [0, 0.05) is 32.6 Å². The minimum atomic E-state index is -0.0829. The number of amides is 2. The van der Waals surface area contributed by atoms with Crippen molar-refractivity contribution in [3.05, 3.63) is 64.7 Å². The average molecular weight is 412 g/mol. The lowest BCUT2D eigenvalue weighted by Crippen LogP contribution is -2.50. The molecule has 1 fully saturated rings. The average Bonchev–Trinajstić information content (AvgIpc) is 3.13. The molecule has 0 saturated carbocycles. The lowest BCUT2D eigenvalue weighted by Gasteiger charge is -2.35. The molecule has 1 aliphatic carbocycles. The van der Waals surface area contributed by atoms with Crippen LogP contribution in [0, 0.1) is 0 Å². The molecule has 1 unspecified atom stereocenters. The number of hydrogen-bond donors (Lipinski definition) is 1. The van der Waals surface area contributed by atoms with Crippen molar-refractivity contribution in [3.8, 4) is 0 Å². The molecule has 2 aromatic carbocycles. The Labute approximate surface area is 176 Å². The highest BCUT2D eigenvalue weighted by molar-refractivity contribution is 6.33. The Balaban J connectivity index is 1.24. The van der Waals surface area contributed by atoms with E-state index in [0.717, 1.165) is 12.8 Å². The zero-order valence-electron chi connectivity index (χ0n) is 16.4. The van der Waals surface area contributed by atoms with Crippen molar-refractivity contribution < 1.29 is 9.59 Å². The van der Waals surface area contributed by atoms with Gasteiger partial charge in [0.15, 0.2) is 0 Å². The van der Waals surface area contributed by atoms with Crippen LogP contribution in [0.3, 0.4) is 0 Å². The fourth-order valence-corrected chi connectivity index (χ4v) is 4.49. The van der Waals surface area contributed by atoms with E-state index in [-0.39, 0.29) is 11.8 Å². The fourth-order valence-electron chi connectivity index (χ4n) is 4.31. The first-order chi connectivity index (χ1) is 14.1. The predicted molar refractivity (Wildman–Crippen MR) is 115 cm³/mol. The smallest absolute Gasteiger partial charge is 0.238 e. The van der Waals surface area contributed by atoms with Crippen LogP contribution in [0.2, 0.25) is 5.02 Å². The van der Waals surface area contributed by atoms with Gasteiger partial charge in [-0.05, 0) is 42.0 Å². The molecule has 2 amide bonds. The number of nitrogens with zero attached hydrogens (tertiary/aromatic N) is 2. The van der Waals surface area contributed by atoms with Crippen LogP contribution in [0.4, 0.5) is 5.69 Å². The van der Waals surface area contributed by atoms with Gasteiger partial charge in [-0.1, -0.05) is 48.0 Å². The second-order valence-electron chi connectivity index (χ2n) is 7.82. The van der Waals surface area contributed by atoms with Crippen LogP contribution in [0.25, 0.3) is 0 Å². The Morgan fingerprint density at radius 3 is 2.52 bits per heavy atom. The number of piperazine rings is 1. The molecule has 152 valence electrons. The topological polar surface area (TPSA) is 52.7 Å². The molecule has 4 rings (SSSR count). The molecule has 1 saturated heterocycles. The maximum Gasteiger partial charge on any atom is 0.238 e. The van der Waals surface area contributed by atoms with Crippen LogP contribution in [0.1, 0.15) is 29.9 Å². The minimum absolute atomic E-state index is 0.0829. The van der Waals surface area contributed by atoms with Crippen molar-refractivity contribution in [3.63, 3.8) is 0 Å². The van der Waals surface area contributed by atoms with Gasteiger partial charge in [0.2, 0.25) is 11.8 Å². The third-order valence-corrected chi connectivity index (χ3v) is 6.25. The molecule has 1 heterocycles. The SMILES string of the molecule is O=C(CN1CCN(C(=O)CC2CCc3ccccc32)CC1)Nc1ccccc1Cl. The van der Waals surface area contributed by atoms with E-state index in [2.05, 4.69) is 34.5 Å². The second kappa shape index (κ2) is 8.97. The van der Waals surface area contributed by atoms with Crippen LogP contribution in [-0.4, -0.2) is 54.3 Å². The summed E-state index contributed by atoms with van der Waals surface area (Å²) in [7, 11) is 0. The molecule has 1 N–H and O–H groups in total. The monoisotopic (exact) mass is 411 g/mol. The van der Waals surface area contributed by atoms with Crippen molar-refractivity contribution in [2.24, 2.45) is 0 Å². The van der Waals surface area contributed by atoms with E-state index < -0.39 is 0 Å².